The summed E-state index contributed by atoms with van der Waals surface area (Å²) in [5, 5.41) is 3.09. The standard InChI is InChI=1S/C20H24ClFN2O2/c21-13-17(25)23-20(9-10-20)15-5-11-24(12-6-15)18(26)19(7-8-19)14-1-3-16(22)4-2-14/h1-4,15H,5-13H2,(H,23,25). The van der Waals surface area contributed by atoms with Gasteiger partial charge in [-0.2, -0.15) is 0 Å². The zero-order valence-electron chi connectivity index (χ0n) is 14.8. The van der Waals surface area contributed by atoms with E-state index in [1.807, 2.05) is 4.90 Å². The van der Waals surface area contributed by atoms with Crippen molar-refractivity contribution in [1.29, 1.82) is 0 Å². The van der Waals surface area contributed by atoms with Gasteiger partial charge in [0.1, 0.15) is 11.7 Å². The Morgan fingerprint density at radius 3 is 2.23 bits per heavy atom. The van der Waals surface area contributed by atoms with Crippen LogP contribution in [0.5, 0.6) is 0 Å². The molecule has 140 valence electrons. The molecule has 6 heteroatoms. The van der Waals surface area contributed by atoms with E-state index in [9.17, 15) is 14.0 Å². The normalized spacial score (nSPS) is 23.4. The molecule has 1 N–H and O–H groups in total. The smallest absolute Gasteiger partial charge is 0.235 e. The molecule has 0 spiro atoms. The van der Waals surface area contributed by atoms with Gasteiger partial charge in [-0.1, -0.05) is 12.1 Å². The highest BCUT2D eigenvalue weighted by atomic mass is 35.5. The number of benzene rings is 1. The molecule has 0 unspecified atom stereocenters. The minimum atomic E-state index is -0.440. The number of nitrogens with zero attached hydrogens (tertiary/aromatic N) is 1. The maximum Gasteiger partial charge on any atom is 0.235 e. The van der Waals surface area contributed by atoms with E-state index in [-0.39, 0.29) is 29.1 Å². The van der Waals surface area contributed by atoms with Crippen molar-refractivity contribution in [2.24, 2.45) is 5.92 Å². The summed E-state index contributed by atoms with van der Waals surface area (Å²) < 4.78 is 13.2. The molecular weight excluding hydrogens is 355 g/mol. The zero-order valence-corrected chi connectivity index (χ0v) is 15.5. The molecule has 1 heterocycles. The van der Waals surface area contributed by atoms with Crippen molar-refractivity contribution in [3.63, 3.8) is 0 Å². The van der Waals surface area contributed by atoms with Gasteiger partial charge < -0.3 is 10.2 Å². The quantitative estimate of drug-likeness (QED) is 0.801. The van der Waals surface area contributed by atoms with E-state index in [2.05, 4.69) is 5.32 Å². The fourth-order valence-electron chi connectivity index (χ4n) is 4.54. The lowest BCUT2D eigenvalue weighted by Gasteiger charge is -2.38. The van der Waals surface area contributed by atoms with Gasteiger partial charge in [-0.15, -0.1) is 11.6 Å². The van der Waals surface area contributed by atoms with Gasteiger partial charge in [0.25, 0.3) is 0 Å². The summed E-state index contributed by atoms with van der Waals surface area (Å²) in [6.07, 6.45) is 5.52. The largest absolute Gasteiger partial charge is 0.349 e. The summed E-state index contributed by atoms with van der Waals surface area (Å²) in [7, 11) is 0. The molecule has 2 amide bonds. The van der Waals surface area contributed by atoms with Crippen LogP contribution in [-0.2, 0) is 15.0 Å². The van der Waals surface area contributed by atoms with Gasteiger partial charge in [0, 0.05) is 18.6 Å². The molecule has 4 nitrogen and oxygen atoms in total. The van der Waals surface area contributed by atoms with E-state index < -0.39 is 5.41 Å². The number of likely N-dealkylation sites (tertiary alicyclic amines) is 1. The number of hydrogen-bond donors (Lipinski definition) is 1. The topological polar surface area (TPSA) is 49.4 Å². The average molecular weight is 379 g/mol. The van der Waals surface area contributed by atoms with E-state index in [1.165, 1.54) is 12.1 Å². The molecule has 1 aromatic carbocycles. The number of piperidine rings is 1. The molecule has 2 saturated carbocycles. The summed E-state index contributed by atoms with van der Waals surface area (Å²) >= 11 is 5.63. The highest BCUT2D eigenvalue weighted by Crippen LogP contribution is 2.51. The molecule has 3 fully saturated rings. The van der Waals surface area contributed by atoms with Crippen molar-refractivity contribution in [3.8, 4) is 0 Å². The molecular formula is C20H24ClFN2O2. The van der Waals surface area contributed by atoms with Crippen molar-refractivity contribution >= 4 is 23.4 Å². The Morgan fingerprint density at radius 1 is 1.12 bits per heavy atom. The molecule has 2 aliphatic carbocycles. The Balaban J connectivity index is 1.38. The van der Waals surface area contributed by atoms with Crippen molar-refractivity contribution in [3.05, 3.63) is 35.6 Å². The van der Waals surface area contributed by atoms with Gasteiger partial charge in [-0.25, -0.2) is 4.39 Å². The molecule has 3 aliphatic rings. The van der Waals surface area contributed by atoms with Crippen LogP contribution < -0.4 is 5.32 Å². The van der Waals surface area contributed by atoms with Crippen molar-refractivity contribution in [2.75, 3.05) is 19.0 Å². The molecule has 1 aromatic rings. The predicted molar refractivity (Wildman–Crippen MR) is 97.4 cm³/mol. The van der Waals surface area contributed by atoms with Crippen LogP contribution >= 0.6 is 11.6 Å². The van der Waals surface area contributed by atoms with Gasteiger partial charge >= 0.3 is 0 Å². The molecule has 0 atom stereocenters. The maximum absolute atomic E-state index is 13.2. The van der Waals surface area contributed by atoms with E-state index in [0.717, 1.165) is 57.2 Å². The number of halogens is 2. The van der Waals surface area contributed by atoms with E-state index in [0.29, 0.717) is 5.92 Å². The fourth-order valence-corrected chi connectivity index (χ4v) is 4.61. The fraction of sp³-hybridized carbons (Fsp3) is 0.600. The average Bonchev–Trinajstić information content (AvgIpc) is 3.58. The SMILES string of the molecule is O=C(CCl)NC1(C2CCN(C(=O)C3(c4ccc(F)cc4)CC3)CC2)CC1. The second-order valence-corrected chi connectivity index (χ2v) is 8.26. The number of alkyl halides is 1. The van der Waals surface area contributed by atoms with Crippen LogP contribution in [-0.4, -0.2) is 41.2 Å². The third kappa shape index (κ3) is 3.11. The first-order valence-electron chi connectivity index (χ1n) is 9.41. The van der Waals surface area contributed by atoms with Crippen LogP contribution in [0, 0.1) is 11.7 Å². The van der Waals surface area contributed by atoms with Gasteiger partial charge in [0.15, 0.2) is 0 Å². The first kappa shape index (κ1) is 17.8. The number of carbonyl (C=O) groups is 2. The Bertz CT molecular complexity index is 705. The Morgan fingerprint density at radius 2 is 1.73 bits per heavy atom. The molecule has 26 heavy (non-hydrogen) atoms. The number of hydrogen-bond acceptors (Lipinski definition) is 2. The number of nitrogens with one attached hydrogen (secondary N) is 1. The van der Waals surface area contributed by atoms with Gasteiger partial charge in [0.05, 0.1) is 5.41 Å². The van der Waals surface area contributed by atoms with Crippen LogP contribution in [0.25, 0.3) is 0 Å². The van der Waals surface area contributed by atoms with Crippen molar-refractivity contribution in [2.45, 2.75) is 49.5 Å². The lowest BCUT2D eigenvalue weighted by atomic mass is 9.86. The highest BCUT2D eigenvalue weighted by molar-refractivity contribution is 6.27. The Labute approximate surface area is 158 Å². The minimum absolute atomic E-state index is 0.000723. The summed E-state index contributed by atoms with van der Waals surface area (Å²) in [6, 6.07) is 6.36. The molecule has 0 aromatic heterocycles. The maximum atomic E-state index is 13.2. The molecule has 1 aliphatic heterocycles. The molecule has 4 rings (SSSR count). The monoisotopic (exact) mass is 378 g/mol. The lowest BCUT2D eigenvalue weighted by Crippen LogP contribution is -2.50. The molecule has 0 bridgehead atoms. The third-order valence-corrected chi connectivity index (χ3v) is 6.66. The minimum Gasteiger partial charge on any atom is -0.349 e. The van der Waals surface area contributed by atoms with Crippen molar-refractivity contribution in [1.82, 2.24) is 10.2 Å². The predicted octanol–water partition coefficient (Wildman–Crippen LogP) is 2.98. The van der Waals surface area contributed by atoms with Gasteiger partial charge in [0.2, 0.25) is 11.8 Å². The lowest BCUT2D eigenvalue weighted by molar-refractivity contribution is -0.136. The first-order valence-corrected chi connectivity index (χ1v) is 9.95. The van der Waals surface area contributed by atoms with Crippen LogP contribution in [0.4, 0.5) is 4.39 Å². The summed E-state index contributed by atoms with van der Waals surface area (Å²) in [5.41, 5.74) is 0.402. The van der Waals surface area contributed by atoms with E-state index in [1.54, 1.807) is 12.1 Å². The van der Waals surface area contributed by atoms with Crippen LogP contribution in [0.15, 0.2) is 24.3 Å². The van der Waals surface area contributed by atoms with Gasteiger partial charge in [-0.3, -0.25) is 9.59 Å². The van der Waals surface area contributed by atoms with Crippen LogP contribution in [0.2, 0.25) is 0 Å². The zero-order chi connectivity index (χ0) is 18.4. The molecule has 1 saturated heterocycles. The second kappa shape index (κ2) is 6.52. The van der Waals surface area contributed by atoms with Crippen LogP contribution in [0.1, 0.15) is 44.1 Å². The summed E-state index contributed by atoms with van der Waals surface area (Å²) in [4.78, 5) is 26.7. The van der Waals surface area contributed by atoms with Crippen molar-refractivity contribution < 1.29 is 14.0 Å². The highest BCUT2D eigenvalue weighted by Gasteiger charge is 2.55. The van der Waals surface area contributed by atoms with Gasteiger partial charge in [-0.05, 0) is 62.1 Å². The first-order chi connectivity index (χ1) is 12.5. The number of amides is 2. The second-order valence-electron chi connectivity index (χ2n) is 7.99. The van der Waals surface area contributed by atoms with Crippen LogP contribution in [0.3, 0.4) is 0 Å². The molecule has 0 radical (unpaired) electrons. The third-order valence-electron chi connectivity index (χ3n) is 6.42. The summed E-state index contributed by atoms with van der Waals surface area (Å²) in [6.45, 7) is 1.45. The summed E-state index contributed by atoms with van der Waals surface area (Å²) in [5.74, 6) is 0.221. The van der Waals surface area contributed by atoms with E-state index in [4.69, 9.17) is 11.6 Å². The number of rotatable bonds is 5. The van der Waals surface area contributed by atoms with E-state index >= 15 is 0 Å². The Kier molecular flexibility index (Phi) is 4.46. The Hall–Kier alpha value is -1.62. The number of carbonyl (C=O) groups excluding carboxylic acids is 2.